The fraction of sp³-hybridized carbons (Fsp3) is 0.846. The first-order valence-electron chi connectivity index (χ1n) is 6.76. The summed E-state index contributed by atoms with van der Waals surface area (Å²) in [4.78, 5) is 22.7. The second kappa shape index (κ2) is 7.36. The summed E-state index contributed by atoms with van der Waals surface area (Å²) in [6.07, 6.45) is 4.71. The monoisotopic (exact) mass is 256 g/mol. The average Bonchev–Trinajstić information content (AvgIpc) is 2.34. The minimum Gasteiger partial charge on any atom is -0.480 e. The predicted octanol–water partition coefficient (Wildman–Crippen LogP) is 1.13. The predicted molar refractivity (Wildman–Crippen MR) is 69.3 cm³/mol. The molecule has 1 rings (SSSR count). The van der Waals surface area contributed by atoms with Crippen molar-refractivity contribution in [3.05, 3.63) is 0 Å². The van der Waals surface area contributed by atoms with Crippen LogP contribution in [0.2, 0.25) is 0 Å². The Hall–Kier alpha value is -1.10. The van der Waals surface area contributed by atoms with Gasteiger partial charge in [0, 0.05) is 12.5 Å². The fourth-order valence-corrected chi connectivity index (χ4v) is 2.23. The lowest BCUT2D eigenvalue weighted by atomic mass is 10.00. The average molecular weight is 256 g/mol. The number of amides is 1. The van der Waals surface area contributed by atoms with E-state index >= 15 is 0 Å². The zero-order chi connectivity index (χ0) is 13.5. The summed E-state index contributed by atoms with van der Waals surface area (Å²) >= 11 is 0. The van der Waals surface area contributed by atoms with Gasteiger partial charge >= 0.3 is 5.97 Å². The van der Waals surface area contributed by atoms with E-state index in [0.29, 0.717) is 12.5 Å². The molecule has 0 aliphatic carbocycles. The third-order valence-corrected chi connectivity index (χ3v) is 3.38. The Bertz CT molecular complexity index is 286. The Morgan fingerprint density at radius 3 is 2.61 bits per heavy atom. The van der Waals surface area contributed by atoms with Gasteiger partial charge in [-0.25, -0.2) is 4.79 Å². The molecule has 1 fully saturated rings. The van der Waals surface area contributed by atoms with Crippen molar-refractivity contribution in [2.45, 2.75) is 58.0 Å². The van der Waals surface area contributed by atoms with Crippen molar-refractivity contribution in [3.63, 3.8) is 0 Å². The summed E-state index contributed by atoms with van der Waals surface area (Å²) in [6, 6.07) is -0.372. The van der Waals surface area contributed by atoms with Crippen LogP contribution in [-0.2, 0) is 9.59 Å². The highest BCUT2D eigenvalue weighted by molar-refractivity contribution is 5.83. The standard InChI is InChI=1S/C13H24N2O3/c1-9(2)12(13(17)18)15-11(16)7-6-10-5-3-4-8-14-10/h9-10,12,14H,3-8H2,1-2H3,(H,15,16)(H,17,18)/t10?,12-/m0/s1. The molecule has 0 aromatic carbocycles. The van der Waals surface area contributed by atoms with Crippen molar-refractivity contribution < 1.29 is 14.7 Å². The first-order chi connectivity index (χ1) is 8.50. The second-order valence-electron chi connectivity index (χ2n) is 5.31. The van der Waals surface area contributed by atoms with Gasteiger partial charge in [0.2, 0.25) is 5.91 Å². The maximum atomic E-state index is 11.7. The number of aliphatic carboxylic acids is 1. The molecule has 0 radical (unpaired) electrons. The SMILES string of the molecule is CC(C)[C@H](NC(=O)CCC1CCCCN1)C(=O)O. The van der Waals surface area contributed by atoms with Crippen molar-refractivity contribution in [1.29, 1.82) is 0 Å². The molecular weight excluding hydrogens is 232 g/mol. The van der Waals surface area contributed by atoms with Crippen molar-refractivity contribution in [2.75, 3.05) is 6.54 Å². The van der Waals surface area contributed by atoms with Crippen molar-refractivity contribution in [1.82, 2.24) is 10.6 Å². The summed E-state index contributed by atoms with van der Waals surface area (Å²) < 4.78 is 0. The minimum absolute atomic E-state index is 0.0979. The van der Waals surface area contributed by atoms with Gasteiger partial charge in [0.05, 0.1) is 0 Å². The lowest BCUT2D eigenvalue weighted by Gasteiger charge is -2.23. The van der Waals surface area contributed by atoms with Gasteiger partial charge in [0.15, 0.2) is 0 Å². The lowest BCUT2D eigenvalue weighted by molar-refractivity contribution is -0.143. The van der Waals surface area contributed by atoms with Crippen LogP contribution in [0.15, 0.2) is 0 Å². The zero-order valence-corrected chi connectivity index (χ0v) is 11.2. The van der Waals surface area contributed by atoms with Crippen LogP contribution in [-0.4, -0.2) is 35.6 Å². The number of nitrogens with one attached hydrogen (secondary N) is 2. The summed E-state index contributed by atoms with van der Waals surface area (Å²) in [5.74, 6) is -1.23. The summed E-state index contributed by atoms with van der Waals surface area (Å²) in [6.45, 7) is 4.61. The normalized spacial score (nSPS) is 21.6. The van der Waals surface area contributed by atoms with E-state index in [2.05, 4.69) is 10.6 Å². The van der Waals surface area contributed by atoms with E-state index in [1.807, 2.05) is 0 Å². The number of hydrogen-bond acceptors (Lipinski definition) is 3. The molecule has 1 aliphatic heterocycles. The fourth-order valence-electron chi connectivity index (χ4n) is 2.23. The third-order valence-electron chi connectivity index (χ3n) is 3.38. The van der Waals surface area contributed by atoms with Crippen LogP contribution < -0.4 is 10.6 Å². The maximum absolute atomic E-state index is 11.7. The van der Waals surface area contributed by atoms with Crippen LogP contribution in [0.25, 0.3) is 0 Å². The highest BCUT2D eigenvalue weighted by Gasteiger charge is 2.23. The highest BCUT2D eigenvalue weighted by atomic mass is 16.4. The largest absolute Gasteiger partial charge is 0.480 e. The van der Waals surface area contributed by atoms with Gasteiger partial charge < -0.3 is 15.7 Å². The minimum atomic E-state index is -0.964. The summed E-state index contributed by atoms with van der Waals surface area (Å²) in [7, 11) is 0. The lowest BCUT2D eigenvalue weighted by Crippen LogP contribution is -2.44. The van der Waals surface area contributed by atoms with E-state index in [-0.39, 0.29) is 11.8 Å². The molecule has 0 bridgehead atoms. The van der Waals surface area contributed by atoms with Crippen LogP contribution in [0.1, 0.15) is 46.0 Å². The number of carboxylic acids is 1. The van der Waals surface area contributed by atoms with Crippen LogP contribution in [0.5, 0.6) is 0 Å². The van der Waals surface area contributed by atoms with Gasteiger partial charge in [0.25, 0.3) is 0 Å². The molecule has 0 saturated carbocycles. The van der Waals surface area contributed by atoms with E-state index in [4.69, 9.17) is 5.11 Å². The maximum Gasteiger partial charge on any atom is 0.326 e. The van der Waals surface area contributed by atoms with E-state index in [0.717, 1.165) is 19.4 Å². The molecule has 0 spiro atoms. The number of piperidine rings is 1. The van der Waals surface area contributed by atoms with Gasteiger partial charge in [-0.1, -0.05) is 20.3 Å². The molecule has 1 saturated heterocycles. The molecule has 3 N–H and O–H groups in total. The smallest absolute Gasteiger partial charge is 0.326 e. The molecule has 2 atom stereocenters. The molecular formula is C13H24N2O3. The van der Waals surface area contributed by atoms with Crippen molar-refractivity contribution >= 4 is 11.9 Å². The van der Waals surface area contributed by atoms with Gasteiger partial charge in [-0.15, -0.1) is 0 Å². The number of carbonyl (C=O) groups excluding carboxylic acids is 1. The van der Waals surface area contributed by atoms with Gasteiger partial charge in [-0.05, 0) is 31.7 Å². The molecule has 1 amide bonds. The van der Waals surface area contributed by atoms with Crippen LogP contribution in [0.4, 0.5) is 0 Å². The molecule has 0 aromatic rings. The van der Waals surface area contributed by atoms with Gasteiger partial charge in [-0.2, -0.15) is 0 Å². The topological polar surface area (TPSA) is 78.4 Å². The first-order valence-corrected chi connectivity index (χ1v) is 6.76. The van der Waals surface area contributed by atoms with Gasteiger partial charge in [-0.3, -0.25) is 4.79 Å². The molecule has 0 aromatic heterocycles. The number of carbonyl (C=O) groups is 2. The van der Waals surface area contributed by atoms with E-state index in [9.17, 15) is 9.59 Å². The third kappa shape index (κ3) is 5.04. The molecule has 18 heavy (non-hydrogen) atoms. The van der Waals surface area contributed by atoms with E-state index < -0.39 is 12.0 Å². The molecule has 104 valence electrons. The number of carboxylic acid groups (broad SMARTS) is 1. The second-order valence-corrected chi connectivity index (χ2v) is 5.31. The van der Waals surface area contributed by atoms with Crippen molar-refractivity contribution in [2.24, 2.45) is 5.92 Å². The quantitative estimate of drug-likeness (QED) is 0.666. The number of rotatable bonds is 6. The molecule has 1 aliphatic rings. The molecule has 5 heteroatoms. The Morgan fingerprint density at radius 1 is 1.39 bits per heavy atom. The molecule has 1 unspecified atom stereocenters. The summed E-state index contributed by atoms with van der Waals surface area (Å²) in [5.41, 5.74) is 0. The Balaban J connectivity index is 2.29. The van der Waals surface area contributed by atoms with Gasteiger partial charge in [0.1, 0.15) is 6.04 Å². The number of hydrogen-bond donors (Lipinski definition) is 3. The van der Waals surface area contributed by atoms with E-state index in [1.165, 1.54) is 12.8 Å². The first kappa shape index (κ1) is 15.0. The van der Waals surface area contributed by atoms with Crippen LogP contribution in [0.3, 0.4) is 0 Å². The Morgan fingerprint density at radius 2 is 2.11 bits per heavy atom. The Kier molecular flexibility index (Phi) is 6.12. The highest BCUT2D eigenvalue weighted by Crippen LogP contribution is 2.12. The summed E-state index contributed by atoms with van der Waals surface area (Å²) in [5, 5.41) is 14.9. The van der Waals surface area contributed by atoms with Crippen LogP contribution in [0, 0.1) is 5.92 Å². The van der Waals surface area contributed by atoms with E-state index in [1.54, 1.807) is 13.8 Å². The molecule has 1 heterocycles. The molecule has 5 nitrogen and oxygen atoms in total. The van der Waals surface area contributed by atoms with Crippen LogP contribution >= 0.6 is 0 Å². The van der Waals surface area contributed by atoms with Crippen molar-refractivity contribution in [3.8, 4) is 0 Å². The zero-order valence-electron chi connectivity index (χ0n) is 11.2. The Labute approximate surface area is 108 Å².